The number of rotatable bonds is 5. The van der Waals surface area contributed by atoms with Gasteiger partial charge < -0.3 is 0 Å². The van der Waals surface area contributed by atoms with Gasteiger partial charge in [0.15, 0.2) is 0 Å². The summed E-state index contributed by atoms with van der Waals surface area (Å²) in [4.78, 5) is 4.21. The fourth-order valence-electron chi connectivity index (χ4n) is 1.01. The molecular weight excluding hydrogens is 194 g/mol. The minimum atomic E-state index is -0.699. The molecule has 0 saturated carbocycles. The first-order valence-electron chi connectivity index (χ1n) is 4.72. The van der Waals surface area contributed by atoms with Crippen molar-refractivity contribution in [2.45, 2.75) is 6.92 Å². The highest BCUT2D eigenvalue weighted by atomic mass is 32.2. The molecule has 1 unspecified atom stereocenters. The second-order valence-corrected chi connectivity index (χ2v) is 4.74. The number of benzene rings is 1. The summed E-state index contributed by atoms with van der Waals surface area (Å²) < 4.78 is 11.1. The first kappa shape index (κ1) is 11.1. The molecule has 0 spiro atoms. The normalized spacial score (nSPS) is 13.2. The van der Waals surface area contributed by atoms with Crippen LogP contribution in [0.25, 0.3) is 0 Å². The molecule has 1 atom stereocenters. The summed E-state index contributed by atoms with van der Waals surface area (Å²) in [5.74, 6) is 1.39. The zero-order valence-electron chi connectivity index (χ0n) is 8.35. The molecule has 0 radical (unpaired) electrons. The lowest BCUT2D eigenvalue weighted by Gasteiger charge is -1.94. The van der Waals surface area contributed by atoms with Gasteiger partial charge in [-0.05, 0) is 5.56 Å². The Bertz CT molecular complexity index is 308. The lowest BCUT2D eigenvalue weighted by Crippen LogP contribution is -2.02. The monoisotopic (exact) mass is 209 g/mol. The van der Waals surface area contributed by atoms with E-state index >= 15 is 0 Å². The smallest absolute Gasteiger partial charge is 0.0505 e. The molecule has 14 heavy (non-hydrogen) atoms. The summed E-state index contributed by atoms with van der Waals surface area (Å²) in [5.41, 5.74) is 1.09. The number of nitrogens with zero attached hydrogens (tertiary/aromatic N) is 1. The Hall–Kier alpha value is -0.960. The van der Waals surface area contributed by atoms with E-state index in [4.69, 9.17) is 0 Å². The summed E-state index contributed by atoms with van der Waals surface area (Å²) >= 11 is 0. The van der Waals surface area contributed by atoms with Crippen molar-refractivity contribution in [3.63, 3.8) is 0 Å². The van der Waals surface area contributed by atoms with Crippen LogP contribution in [0.2, 0.25) is 0 Å². The van der Waals surface area contributed by atoms with E-state index in [-0.39, 0.29) is 0 Å². The predicted octanol–water partition coefficient (Wildman–Crippen LogP) is 1.87. The summed E-state index contributed by atoms with van der Waals surface area (Å²) in [6, 6.07) is 9.93. The minimum Gasteiger partial charge on any atom is -0.292 e. The molecule has 0 aliphatic carbocycles. The molecule has 0 saturated heterocycles. The van der Waals surface area contributed by atoms with E-state index in [9.17, 15) is 4.21 Å². The Kier molecular flexibility index (Phi) is 5.15. The Morgan fingerprint density at radius 3 is 2.71 bits per heavy atom. The Balaban J connectivity index is 2.31. The van der Waals surface area contributed by atoms with Gasteiger partial charge in [-0.15, -0.1) is 0 Å². The predicted molar refractivity (Wildman–Crippen MR) is 62.5 cm³/mol. The lowest BCUT2D eigenvalue weighted by atomic mass is 10.2. The molecule has 0 bridgehead atoms. The van der Waals surface area contributed by atoms with Gasteiger partial charge in [0.05, 0.1) is 6.54 Å². The lowest BCUT2D eigenvalue weighted by molar-refractivity contribution is 0.683. The van der Waals surface area contributed by atoms with E-state index in [0.717, 1.165) is 11.3 Å². The van der Waals surface area contributed by atoms with Gasteiger partial charge >= 0.3 is 0 Å². The molecule has 0 aliphatic rings. The van der Waals surface area contributed by atoms with Crippen LogP contribution >= 0.6 is 0 Å². The number of hydrogen-bond donors (Lipinski definition) is 0. The Morgan fingerprint density at radius 1 is 1.36 bits per heavy atom. The van der Waals surface area contributed by atoms with Crippen molar-refractivity contribution in [3.8, 4) is 0 Å². The average molecular weight is 209 g/mol. The maximum Gasteiger partial charge on any atom is 0.0505 e. The van der Waals surface area contributed by atoms with Crippen LogP contribution in [0.3, 0.4) is 0 Å². The van der Waals surface area contributed by atoms with E-state index in [1.165, 1.54) is 0 Å². The van der Waals surface area contributed by atoms with Crippen LogP contribution in [-0.4, -0.2) is 28.5 Å². The quantitative estimate of drug-likeness (QED) is 0.681. The molecule has 0 amide bonds. The number of hydrogen-bond acceptors (Lipinski definition) is 2. The topological polar surface area (TPSA) is 29.4 Å². The maximum absolute atomic E-state index is 11.1. The molecular formula is C11H15NOS. The maximum atomic E-state index is 11.1. The second kappa shape index (κ2) is 6.49. The van der Waals surface area contributed by atoms with Gasteiger partial charge in [0, 0.05) is 28.5 Å². The molecule has 0 fully saturated rings. The fourth-order valence-corrected chi connectivity index (χ4v) is 1.61. The summed E-state index contributed by atoms with van der Waals surface area (Å²) in [5, 5.41) is 0. The first-order chi connectivity index (χ1) is 6.83. The van der Waals surface area contributed by atoms with Crippen molar-refractivity contribution in [1.29, 1.82) is 0 Å². The molecule has 0 N–H and O–H groups in total. The van der Waals surface area contributed by atoms with Crippen LogP contribution < -0.4 is 0 Å². The third kappa shape index (κ3) is 4.33. The van der Waals surface area contributed by atoms with Crippen molar-refractivity contribution in [1.82, 2.24) is 0 Å². The first-order valence-corrected chi connectivity index (χ1v) is 6.21. The average Bonchev–Trinajstić information content (AvgIpc) is 2.25. The fraction of sp³-hybridized carbons (Fsp3) is 0.364. The molecule has 2 nitrogen and oxygen atoms in total. The van der Waals surface area contributed by atoms with Gasteiger partial charge in [0.25, 0.3) is 0 Å². The van der Waals surface area contributed by atoms with Crippen LogP contribution in [0.1, 0.15) is 12.5 Å². The van der Waals surface area contributed by atoms with Crippen molar-refractivity contribution >= 4 is 17.0 Å². The van der Waals surface area contributed by atoms with Crippen molar-refractivity contribution in [2.75, 3.05) is 18.1 Å². The van der Waals surface area contributed by atoms with Gasteiger partial charge in [0.2, 0.25) is 0 Å². The molecule has 0 heterocycles. The van der Waals surface area contributed by atoms with Crippen LogP contribution in [0.15, 0.2) is 35.3 Å². The van der Waals surface area contributed by atoms with Crippen LogP contribution in [0, 0.1) is 0 Å². The third-order valence-electron chi connectivity index (χ3n) is 1.81. The molecule has 76 valence electrons. The molecule has 1 rings (SSSR count). The van der Waals surface area contributed by atoms with Crippen LogP contribution in [0.4, 0.5) is 0 Å². The van der Waals surface area contributed by atoms with Crippen molar-refractivity contribution in [2.24, 2.45) is 4.99 Å². The third-order valence-corrected chi connectivity index (χ3v) is 3.09. The van der Waals surface area contributed by atoms with E-state index < -0.39 is 10.8 Å². The zero-order valence-corrected chi connectivity index (χ0v) is 9.17. The largest absolute Gasteiger partial charge is 0.292 e. The van der Waals surface area contributed by atoms with Gasteiger partial charge in [-0.1, -0.05) is 37.3 Å². The highest BCUT2D eigenvalue weighted by molar-refractivity contribution is 7.84. The highest BCUT2D eigenvalue weighted by Gasteiger charge is 1.92. The van der Waals surface area contributed by atoms with E-state index in [0.29, 0.717) is 12.3 Å². The van der Waals surface area contributed by atoms with Crippen molar-refractivity contribution < 1.29 is 4.21 Å². The van der Waals surface area contributed by atoms with E-state index in [2.05, 4.69) is 4.99 Å². The minimum absolute atomic E-state index is 0.648. The molecule has 0 aliphatic heterocycles. The van der Waals surface area contributed by atoms with Crippen LogP contribution in [-0.2, 0) is 10.8 Å². The number of aliphatic imine (C=N–C) groups is 1. The van der Waals surface area contributed by atoms with E-state index in [1.807, 2.05) is 43.5 Å². The Labute approximate surface area is 87.5 Å². The molecule has 1 aromatic carbocycles. The van der Waals surface area contributed by atoms with Gasteiger partial charge in [0.1, 0.15) is 0 Å². The highest BCUT2D eigenvalue weighted by Crippen LogP contribution is 1.93. The Morgan fingerprint density at radius 2 is 2.07 bits per heavy atom. The van der Waals surface area contributed by atoms with E-state index in [1.54, 1.807) is 0 Å². The standard InChI is InChI=1S/C11H15NOS/c1-2-14(13)9-8-12-10-11-6-4-3-5-7-11/h3-7,10H,2,8-9H2,1H3. The summed E-state index contributed by atoms with van der Waals surface area (Å²) in [7, 11) is -0.699. The van der Waals surface area contributed by atoms with Gasteiger partial charge in [-0.3, -0.25) is 9.20 Å². The van der Waals surface area contributed by atoms with Crippen molar-refractivity contribution in [3.05, 3.63) is 35.9 Å². The van der Waals surface area contributed by atoms with Gasteiger partial charge in [-0.25, -0.2) is 0 Å². The molecule has 0 aromatic heterocycles. The zero-order chi connectivity index (χ0) is 10.2. The van der Waals surface area contributed by atoms with Crippen LogP contribution in [0.5, 0.6) is 0 Å². The molecule has 3 heteroatoms. The van der Waals surface area contributed by atoms with Gasteiger partial charge in [-0.2, -0.15) is 0 Å². The molecule has 1 aromatic rings. The second-order valence-electron chi connectivity index (χ2n) is 2.88. The SMILES string of the molecule is CCS(=O)CCN=Cc1ccccc1. The summed E-state index contributed by atoms with van der Waals surface area (Å²) in [6.07, 6.45) is 1.83. The summed E-state index contributed by atoms with van der Waals surface area (Å²) in [6.45, 7) is 2.58.